The van der Waals surface area contributed by atoms with E-state index in [1.54, 1.807) is 23.2 Å². The number of ether oxygens (including phenoxy) is 2. The number of likely N-dealkylation sites (tertiary alicyclic amines) is 1. The number of carbonyl (C=O) groups is 2. The third-order valence-corrected chi connectivity index (χ3v) is 5.71. The summed E-state index contributed by atoms with van der Waals surface area (Å²) in [6.45, 7) is 1.14. The van der Waals surface area contributed by atoms with Gasteiger partial charge in [0, 0.05) is 43.0 Å². The number of H-pyrrole nitrogens is 1. The Morgan fingerprint density at radius 1 is 1.35 bits per heavy atom. The van der Waals surface area contributed by atoms with E-state index in [0.29, 0.717) is 24.8 Å². The summed E-state index contributed by atoms with van der Waals surface area (Å²) >= 11 is 0. The standard InChI is InChI=1S/C22H25N5O4/c1-3-14-12-27(13-14)22(29)31-17-5-4-16(10-17)18-11-19(26-25-18)24-20(28)8-15-6-7-23-21(9-15)30-2/h1,6-7,9,11,14,16-17H,4-5,8,10,12-13H2,2H3,(H2,24,25,26,28). The highest BCUT2D eigenvalue weighted by molar-refractivity contribution is 5.91. The van der Waals surface area contributed by atoms with Gasteiger partial charge in [-0.3, -0.25) is 9.89 Å². The highest BCUT2D eigenvalue weighted by Crippen LogP contribution is 2.36. The van der Waals surface area contributed by atoms with E-state index in [0.717, 1.165) is 30.5 Å². The quantitative estimate of drug-likeness (QED) is 0.690. The largest absolute Gasteiger partial charge is 0.481 e. The summed E-state index contributed by atoms with van der Waals surface area (Å²) in [4.78, 5) is 30.2. The molecule has 0 aromatic carbocycles. The predicted molar refractivity (Wildman–Crippen MR) is 112 cm³/mol. The Morgan fingerprint density at radius 3 is 2.97 bits per heavy atom. The molecule has 1 aliphatic heterocycles. The van der Waals surface area contributed by atoms with E-state index < -0.39 is 0 Å². The van der Waals surface area contributed by atoms with Gasteiger partial charge in [-0.15, -0.1) is 6.42 Å². The maximum absolute atomic E-state index is 12.3. The lowest BCUT2D eigenvalue weighted by Crippen LogP contribution is -2.50. The summed E-state index contributed by atoms with van der Waals surface area (Å²) < 4.78 is 10.7. The fraction of sp³-hybridized carbons (Fsp3) is 0.455. The zero-order chi connectivity index (χ0) is 21.8. The van der Waals surface area contributed by atoms with Gasteiger partial charge in [-0.1, -0.05) is 5.92 Å². The van der Waals surface area contributed by atoms with Gasteiger partial charge in [0.1, 0.15) is 6.10 Å². The van der Waals surface area contributed by atoms with Crippen LogP contribution in [0.5, 0.6) is 5.88 Å². The number of nitrogens with zero attached hydrogens (tertiary/aromatic N) is 3. The molecule has 0 bridgehead atoms. The first-order valence-electron chi connectivity index (χ1n) is 10.3. The number of aromatic amines is 1. The fourth-order valence-corrected chi connectivity index (χ4v) is 3.93. The van der Waals surface area contributed by atoms with Crippen molar-refractivity contribution in [2.24, 2.45) is 5.92 Å². The highest BCUT2D eigenvalue weighted by Gasteiger charge is 2.35. The normalized spacial score (nSPS) is 20.6. The van der Waals surface area contributed by atoms with Crippen LogP contribution in [0.25, 0.3) is 0 Å². The molecule has 2 unspecified atom stereocenters. The first-order valence-corrected chi connectivity index (χ1v) is 10.3. The Kier molecular flexibility index (Phi) is 6.07. The molecule has 2 atom stereocenters. The number of hydrogen-bond acceptors (Lipinski definition) is 6. The van der Waals surface area contributed by atoms with Crippen molar-refractivity contribution in [1.29, 1.82) is 0 Å². The molecule has 4 rings (SSSR count). The molecule has 2 aromatic heterocycles. The molecule has 0 radical (unpaired) electrons. The van der Waals surface area contributed by atoms with Crippen molar-refractivity contribution in [1.82, 2.24) is 20.1 Å². The molecule has 1 aliphatic carbocycles. The zero-order valence-corrected chi connectivity index (χ0v) is 17.3. The minimum atomic E-state index is -0.289. The molecule has 0 spiro atoms. The molecule has 1 saturated heterocycles. The second kappa shape index (κ2) is 9.08. The lowest BCUT2D eigenvalue weighted by molar-refractivity contribution is -0.115. The molecule has 3 heterocycles. The second-order valence-electron chi connectivity index (χ2n) is 7.92. The third-order valence-electron chi connectivity index (χ3n) is 5.71. The number of amides is 2. The van der Waals surface area contributed by atoms with Crippen molar-refractivity contribution in [2.45, 2.75) is 37.7 Å². The molecule has 2 amide bonds. The summed E-state index contributed by atoms with van der Waals surface area (Å²) in [5.41, 5.74) is 1.73. The Hall–Kier alpha value is -3.54. The number of pyridine rings is 1. The summed E-state index contributed by atoms with van der Waals surface area (Å²) in [6, 6.07) is 5.33. The Balaban J connectivity index is 1.25. The van der Waals surface area contributed by atoms with Crippen LogP contribution in [0, 0.1) is 18.3 Å². The average Bonchev–Trinajstić information content (AvgIpc) is 3.36. The van der Waals surface area contributed by atoms with Crippen LogP contribution in [0.1, 0.15) is 36.4 Å². The second-order valence-corrected chi connectivity index (χ2v) is 7.92. The third kappa shape index (κ3) is 4.97. The van der Waals surface area contributed by atoms with Gasteiger partial charge in [0.15, 0.2) is 5.82 Å². The van der Waals surface area contributed by atoms with E-state index in [1.165, 1.54) is 7.11 Å². The van der Waals surface area contributed by atoms with Crippen LogP contribution in [0.15, 0.2) is 24.4 Å². The molecule has 2 fully saturated rings. The van der Waals surface area contributed by atoms with Crippen LogP contribution in [0.2, 0.25) is 0 Å². The van der Waals surface area contributed by atoms with Crippen molar-refractivity contribution < 1.29 is 19.1 Å². The lowest BCUT2D eigenvalue weighted by atomic mass is 10.0. The average molecular weight is 423 g/mol. The molecular weight excluding hydrogens is 398 g/mol. The van der Waals surface area contributed by atoms with Crippen LogP contribution in [0.3, 0.4) is 0 Å². The van der Waals surface area contributed by atoms with Crippen molar-refractivity contribution in [2.75, 3.05) is 25.5 Å². The molecule has 2 aromatic rings. The van der Waals surface area contributed by atoms with Gasteiger partial charge in [0.25, 0.3) is 0 Å². The topological polar surface area (TPSA) is 109 Å². The maximum Gasteiger partial charge on any atom is 0.410 e. The number of carbonyl (C=O) groups excluding carboxylic acids is 2. The maximum atomic E-state index is 12.3. The SMILES string of the molecule is C#CC1CN(C(=O)OC2CCC(c3cc(NC(=O)Cc4ccnc(OC)c4)n[nH]3)C2)C1. The van der Waals surface area contributed by atoms with E-state index in [2.05, 4.69) is 26.4 Å². The Labute approximate surface area is 180 Å². The molecule has 31 heavy (non-hydrogen) atoms. The van der Waals surface area contributed by atoms with E-state index in [9.17, 15) is 9.59 Å². The van der Waals surface area contributed by atoms with Gasteiger partial charge in [0.2, 0.25) is 11.8 Å². The Morgan fingerprint density at radius 2 is 2.19 bits per heavy atom. The highest BCUT2D eigenvalue weighted by atomic mass is 16.6. The first-order chi connectivity index (χ1) is 15.0. The molecule has 162 valence electrons. The van der Waals surface area contributed by atoms with Crippen molar-refractivity contribution in [3.05, 3.63) is 35.7 Å². The van der Waals surface area contributed by atoms with E-state index >= 15 is 0 Å². The van der Waals surface area contributed by atoms with Gasteiger partial charge in [-0.05, 0) is 30.9 Å². The zero-order valence-electron chi connectivity index (χ0n) is 17.3. The van der Waals surface area contributed by atoms with Crippen LogP contribution < -0.4 is 10.1 Å². The number of rotatable bonds is 6. The number of aromatic nitrogens is 3. The van der Waals surface area contributed by atoms with Crippen LogP contribution in [-0.2, 0) is 16.0 Å². The summed E-state index contributed by atoms with van der Waals surface area (Å²) in [7, 11) is 1.53. The fourth-order valence-electron chi connectivity index (χ4n) is 3.93. The van der Waals surface area contributed by atoms with Crippen molar-refractivity contribution in [3.8, 4) is 18.2 Å². The summed E-state index contributed by atoms with van der Waals surface area (Å²) in [5.74, 6) is 3.75. The monoisotopic (exact) mass is 423 g/mol. The molecule has 2 N–H and O–H groups in total. The van der Waals surface area contributed by atoms with E-state index in [-0.39, 0.29) is 36.4 Å². The number of methoxy groups -OCH3 is 1. The summed E-state index contributed by atoms with van der Waals surface area (Å²) in [5, 5.41) is 10.0. The summed E-state index contributed by atoms with van der Waals surface area (Å²) in [6.07, 6.45) is 9.15. The van der Waals surface area contributed by atoms with Crippen LogP contribution >= 0.6 is 0 Å². The van der Waals surface area contributed by atoms with E-state index in [4.69, 9.17) is 15.9 Å². The number of hydrogen-bond donors (Lipinski definition) is 2. The molecule has 9 nitrogen and oxygen atoms in total. The minimum Gasteiger partial charge on any atom is -0.481 e. The van der Waals surface area contributed by atoms with Crippen molar-refractivity contribution in [3.63, 3.8) is 0 Å². The number of nitrogens with one attached hydrogen (secondary N) is 2. The van der Waals surface area contributed by atoms with Crippen molar-refractivity contribution >= 4 is 17.8 Å². The molecule has 2 aliphatic rings. The first kappa shape index (κ1) is 20.7. The van der Waals surface area contributed by atoms with Gasteiger partial charge in [-0.25, -0.2) is 9.78 Å². The van der Waals surface area contributed by atoms with E-state index in [1.807, 2.05) is 6.07 Å². The molecule has 1 saturated carbocycles. The predicted octanol–water partition coefficient (Wildman–Crippen LogP) is 2.33. The molecular formula is C22H25N5O4. The molecule has 9 heteroatoms. The number of anilines is 1. The van der Waals surface area contributed by atoms with Crippen LogP contribution in [0.4, 0.5) is 10.6 Å². The Bertz CT molecular complexity index is 992. The van der Waals surface area contributed by atoms with Gasteiger partial charge in [-0.2, -0.15) is 5.10 Å². The van der Waals surface area contributed by atoms with Gasteiger partial charge >= 0.3 is 6.09 Å². The van der Waals surface area contributed by atoms with Gasteiger partial charge in [0.05, 0.1) is 19.4 Å². The minimum absolute atomic E-state index is 0.120. The lowest BCUT2D eigenvalue weighted by Gasteiger charge is -2.35. The number of terminal acetylenes is 1. The van der Waals surface area contributed by atoms with Gasteiger partial charge < -0.3 is 19.7 Å². The van der Waals surface area contributed by atoms with Crippen LogP contribution in [-0.4, -0.2) is 58.4 Å². The smallest absolute Gasteiger partial charge is 0.410 e.